The Morgan fingerprint density at radius 3 is 2.76 bits per heavy atom. The first-order chi connectivity index (χ1) is 8.17. The monoisotopic (exact) mass is 256 g/mol. The van der Waals surface area contributed by atoms with Crippen LogP contribution in [0.3, 0.4) is 0 Å². The van der Waals surface area contributed by atoms with Crippen molar-refractivity contribution < 1.29 is 18.2 Å². The van der Waals surface area contributed by atoms with Crippen LogP contribution in [-0.4, -0.2) is 23.0 Å². The van der Waals surface area contributed by atoms with Gasteiger partial charge >= 0.3 is 0 Å². The maximum Gasteiger partial charge on any atom is 0.126 e. The lowest BCUT2D eigenvalue weighted by atomic mass is 10.1. The molecule has 1 N–H and O–H groups in total. The SMILES string of the molecule is COc1ccc(CC=CNS(=O)[O-])c(OC)c1. The minimum atomic E-state index is -2.27. The predicted molar refractivity (Wildman–Crippen MR) is 64.4 cm³/mol. The van der Waals surface area contributed by atoms with Gasteiger partial charge in [0.25, 0.3) is 0 Å². The molecule has 0 aliphatic carbocycles. The Bertz CT molecular complexity index is 420. The first kappa shape index (κ1) is 13.5. The molecule has 0 fully saturated rings. The fraction of sp³-hybridized carbons (Fsp3) is 0.273. The van der Waals surface area contributed by atoms with Crippen LogP contribution >= 0.6 is 0 Å². The molecule has 94 valence electrons. The first-order valence-electron chi connectivity index (χ1n) is 4.88. The molecule has 0 aromatic heterocycles. The second-order valence-electron chi connectivity index (χ2n) is 3.14. The second kappa shape index (κ2) is 6.93. The molecule has 0 radical (unpaired) electrons. The summed E-state index contributed by atoms with van der Waals surface area (Å²) >= 11 is -2.27. The molecule has 0 saturated carbocycles. The minimum absolute atomic E-state index is 0.567. The lowest BCUT2D eigenvalue weighted by Crippen LogP contribution is -2.07. The molecular formula is C11H14NO4S-. The number of nitrogens with one attached hydrogen (secondary N) is 1. The number of ether oxygens (including phenoxy) is 2. The van der Waals surface area contributed by atoms with Gasteiger partial charge in [0.15, 0.2) is 0 Å². The molecule has 0 aliphatic heterocycles. The van der Waals surface area contributed by atoms with Gasteiger partial charge in [-0.3, -0.25) is 4.21 Å². The van der Waals surface area contributed by atoms with E-state index >= 15 is 0 Å². The fourth-order valence-corrected chi connectivity index (χ4v) is 1.52. The third-order valence-corrected chi connectivity index (χ3v) is 2.44. The molecule has 0 spiro atoms. The normalized spacial score (nSPS) is 12.4. The van der Waals surface area contributed by atoms with E-state index in [2.05, 4.69) is 4.72 Å². The van der Waals surface area contributed by atoms with E-state index in [-0.39, 0.29) is 0 Å². The van der Waals surface area contributed by atoms with Crippen LogP contribution in [0.4, 0.5) is 0 Å². The number of methoxy groups -OCH3 is 2. The van der Waals surface area contributed by atoms with E-state index in [0.717, 1.165) is 5.56 Å². The van der Waals surface area contributed by atoms with Gasteiger partial charge in [0.05, 0.1) is 14.2 Å². The van der Waals surface area contributed by atoms with Crippen molar-refractivity contribution in [1.82, 2.24) is 4.72 Å². The summed E-state index contributed by atoms with van der Waals surface area (Å²) < 4.78 is 32.9. The summed E-state index contributed by atoms with van der Waals surface area (Å²) in [6.45, 7) is 0. The largest absolute Gasteiger partial charge is 0.755 e. The lowest BCUT2D eigenvalue weighted by molar-refractivity contribution is 0.391. The van der Waals surface area contributed by atoms with E-state index < -0.39 is 11.3 Å². The Kier molecular flexibility index (Phi) is 5.51. The highest BCUT2D eigenvalue weighted by Crippen LogP contribution is 2.24. The van der Waals surface area contributed by atoms with Crippen LogP contribution in [0, 0.1) is 0 Å². The van der Waals surface area contributed by atoms with Crippen molar-refractivity contribution in [2.45, 2.75) is 6.42 Å². The number of hydrogen-bond acceptors (Lipinski definition) is 4. The Labute approximate surface area is 103 Å². The molecule has 5 nitrogen and oxygen atoms in total. The molecule has 0 saturated heterocycles. The van der Waals surface area contributed by atoms with Crippen molar-refractivity contribution in [3.63, 3.8) is 0 Å². The van der Waals surface area contributed by atoms with E-state index in [0.29, 0.717) is 17.9 Å². The highest BCUT2D eigenvalue weighted by atomic mass is 32.2. The topological polar surface area (TPSA) is 70.6 Å². The average Bonchev–Trinajstić information content (AvgIpc) is 2.34. The zero-order valence-electron chi connectivity index (χ0n) is 9.64. The Hall–Kier alpha value is -1.53. The van der Waals surface area contributed by atoms with Crippen LogP contribution in [0.5, 0.6) is 11.5 Å². The van der Waals surface area contributed by atoms with Gasteiger partial charge in [-0.25, -0.2) is 0 Å². The summed E-state index contributed by atoms with van der Waals surface area (Å²) in [7, 11) is 3.16. The third kappa shape index (κ3) is 4.46. The lowest BCUT2D eigenvalue weighted by Gasteiger charge is -2.08. The summed E-state index contributed by atoms with van der Waals surface area (Å²) in [4.78, 5) is 0. The zero-order valence-corrected chi connectivity index (χ0v) is 10.5. The number of hydrogen-bond donors (Lipinski definition) is 1. The quantitative estimate of drug-likeness (QED) is 0.775. The van der Waals surface area contributed by atoms with E-state index in [1.54, 1.807) is 26.4 Å². The molecule has 1 aromatic rings. The van der Waals surface area contributed by atoms with Gasteiger partial charge in [0.1, 0.15) is 11.5 Å². The second-order valence-corrected chi connectivity index (χ2v) is 3.84. The Morgan fingerprint density at radius 1 is 1.41 bits per heavy atom. The molecule has 1 atom stereocenters. The maximum absolute atomic E-state index is 10.2. The average molecular weight is 256 g/mol. The minimum Gasteiger partial charge on any atom is -0.755 e. The van der Waals surface area contributed by atoms with Gasteiger partial charge in [-0.2, -0.15) is 0 Å². The molecule has 0 heterocycles. The van der Waals surface area contributed by atoms with Gasteiger partial charge in [-0.05, 0) is 18.1 Å². The van der Waals surface area contributed by atoms with Crippen LogP contribution in [0.25, 0.3) is 0 Å². The Balaban J connectivity index is 2.70. The number of rotatable bonds is 6. The van der Waals surface area contributed by atoms with Crippen molar-refractivity contribution in [2.75, 3.05) is 14.2 Å². The molecule has 1 unspecified atom stereocenters. The first-order valence-corrected chi connectivity index (χ1v) is 5.96. The zero-order chi connectivity index (χ0) is 12.7. The van der Waals surface area contributed by atoms with Gasteiger partial charge in [-0.15, -0.1) is 0 Å². The van der Waals surface area contributed by atoms with E-state index in [1.807, 2.05) is 12.1 Å². The van der Waals surface area contributed by atoms with Crippen LogP contribution < -0.4 is 14.2 Å². The molecule has 1 rings (SSSR count). The standard InChI is InChI=1S/C11H15NO4S/c1-15-10-6-5-9(11(8-10)16-2)4-3-7-12-17(13)14/h3,5-8,12H,4H2,1-2H3,(H,13,14)/p-1. The van der Waals surface area contributed by atoms with Crippen LogP contribution in [0.2, 0.25) is 0 Å². The van der Waals surface area contributed by atoms with Crippen molar-refractivity contribution in [3.8, 4) is 11.5 Å². The molecule has 1 aromatic carbocycles. The number of allylic oxidation sites excluding steroid dienone is 1. The highest BCUT2D eigenvalue weighted by Gasteiger charge is 2.02. The smallest absolute Gasteiger partial charge is 0.126 e. The summed E-state index contributed by atoms with van der Waals surface area (Å²) in [5.74, 6) is 1.42. The summed E-state index contributed by atoms with van der Waals surface area (Å²) in [5, 5.41) is 0. The van der Waals surface area contributed by atoms with Crippen LogP contribution in [0.1, 0.15) is 5.56 Å². The van der Waals surface area contributed by atoms with Gasteiger partial charge < -0.3 is 18.7 Å². The molecule has 0 bridgehead atoms. The maximum atomic E-state index is 10.2. The van der Waals surface area contributed by atoms with E-state index in [4.69, 9.17) is 9.47 Å². The molecule has 0 aliphatic rings. The predicted octanol–water partition coefficient (Wildman–Crippen LogP) is 1.14. The van der Waals surface area contributed by atoms with Gasteiger partial charge in [0, 0.05) is 23.5 Å². The van der Waals surface area contributed by atoms with Crippen molar-refractivity contribution in [2.24, 2.45) is 0 Å². The third-order valence-electron chi connectivity index (χ3n) is 2.11. The van der Waals surface area contributed by atoms with E-state index in [1.165, 1.54) is 6.20 Å². The van der Waals surface area contributed by atoms with Crippen LogP contribution in [-0.2, 0) is 17.7 Å². The van der Waals surface area contributed by atoms with Crippen molar-refractivity contribution in [3.05, 3.63) is 36.0 Å². The Morgan fingerprint density at radius 2 is 2.18 bits per heavy atom. The highest BCUT2D eigenvalue weighted by molar-refractivity contribution is 7.77. The molecule has 0 amide bonds. The summed E-state index contributed by atoms with van der Waals surface area (Å²) in [6, 6.07) is 5.48. The summed E-state index contributed by atoms with van der Waals surface area (Å²) in [5.41, 5.74) is 0.947. The molecule has 6 heteroatoms. The van der Waals surface area contributed by atoms with E-state index in [9.17, 15) is 8.76 Å². The molecular weight excluding hydrogens is 242 g/mol. The van der Waals surface area contributed by atoms with Crippen molar-refractivity contribution >= 4 is 11.3 Å². The van der Waals surface area contributed by atoms with Crippen LogP contribution in [0.15, 0.2) is 30.5 Å². The van der Waals surface area contributed by atoms with Gasteiger partial charge in [0.2, 0.25) is 0 Å². The van der Waals surface area contributed by atoms with Crippen molar-refractivity contribution in [1.29, 1.82) is 0 Å². The number of benzene rings is 1. The fourth-order valence-electron chi connectivity index (χ4n) is 1.31. The summed E-state index contributed by atoms with van der Waals surface area (Å²) in [6.07, 6.45) is 3.63. The van der Waals surface area contributed by atoms with Gasteiger partial charge in [-0.1, -0.05) is 12.1 Å². The molecule has 17 heavy (non-hydrogen) atoms.